The van der Waals surface area contributed by atoms with E-state index in [-0.39, 0.29) is 5.91 Å². The Morgan fingerprint density at radius 1 is 0.938 bits per heavy atom. The van der Waals surface area contributed by atoms with Crippen molar-refractivity contribution in [2.75, 3.05) is 31.1 Å². The van der Waals surface area contributed by atoms with Gasteiger partial charge in [-0.15, -0.1) is 0 Å². The molecule has 1 aliphatic heterocycles. The molecule has 5 heteroatoms. The fourth-order valence-corrected chi connectivity index (χ4v) is 4.42. The highest BCUT2D eigenvalue weighted by Gasteiger charge is 2.27. The van der Waals surface area contributed by atoms with Crippen molar-refractivity contribution in [2.45, 2.75) is 46.6 Å². The number of hydrogen-bond donors (Lipinski definition) is 0. The van der Waals surface area contributed by atoms with E-state index in [0.29, 0.717) is 19.0 Å². The van der Waals surface area contributed by atoms with E-state index in [1.165, 1.54) is 16.5 Å². The zero-order valence-electron chi connectivity index (χ0n) is 19.8. The number of benzene rings is 2. The molecule has 1 saturated heterocycles. The molecule has 0 radical (unpaired) electrons. The number of fused-ring (bicyclic) bond motifs is 1. The minimum Gasteiger partial charge on any atom is -0.481 e. The Kier molecular flexibility index (Phi) is 6.35. The third-order valence-electron chi connectivity index (χ3n) is 6.34. The van der Waals surface area contributed by atoms with Gasteiger partial charge in [0.05, 0.1) is 5.52 Å². The van der Waals surface area contributed by atoms with Crippen LogP contribution in [-0.4, -0.2) is 48.1 Å². The molecule has 1 atom stereocenters. The van der Waals surface area contributed by atoms with E-state index < -0.39 is 6.10 Å². The third kappa shape index (κ3) is 4.43. The lowest BCUT2D eigenvalue weighted by atomic mass is 10.0. The number of piperazine rings is 1. The molecule has 0 spiro atoms. The molecule has 2 aromatic carbocycles. The van der Waals surface area contributed by atoms with Crippen LogP contribution in [0.5, 0.6) is 5.75 Å². The lowest BCUT2D eigenvalue weighted by Gasteiger charge is -2.36. The Balaban J connectivity index is 1.42. The summed E-state index contributed by atoms with van der Waals surface area (Å²) < 4.78 is 6.09. The van der Waals surface area contributed by atoms with Crippen LogP contribution in [0.2, 0.25) is 0 Å². The molecule has 1 aromatic heterocycles. The van der Waals surface area contributed by atoms with E-state index in [9.17, 15) is 4.79 Å². The van der Waals surface area contributed by atoms with Crippen LogP contribution in [0.3, 0.4) is 0 Å². The zero-order chi connectivity index (χ0) is 22.8. The van der Waals surface area contributed by atoms with Crippen molar-refractivity contribution in [1.82, 2.24) is 9.88 Å². The second-order valence-electron chi connectivity index (χ2n) is 9.03. The first-order valence-electron chi connectivity index (χ1n) is 11.5. The number of pyridine rings is 1. The van der Waals surface area contributed by atoms with Gasteiger partial charge in [0.15, 0.2) is 6.10 Å². The average molecular weight is 432 g/mol. The van der Waals surface area contributed by atoms with Gasteiger partial charge < -0.3 is 14.5 Å². The first-order chi connectivity index (χ1) is 15.3. The van der Waals surface area contributed by atoms with Crippen LogP contribution in [0.1, 0.15) is 43.4 Å². The molecule has 5 nitrogen and oxygen atoms in total. The van der Waals surface area contributed by atoms with Crippen LogP contribution < -0.4 is 9.64 Å². The van der Waals surface area contributed by atoms with Crippen molar-refractivity contribution in [3.63, 3.8) is 0 Å². The summed E-state index contributed by atoms with van der Waals surface area (Å²) in [5.74, 6) is 2.18. The quantitative estimate of drug-likeness (QED) is 0.564. The number of hydrogen-bond acceptors (Lipinski definition) is 4. The van der Waals surface area contributed by atoms with Crippen LogP contribution in [-0.2, 0) is 4.79 Å². The summed E-state index contributed by atoms with van der Waals surface area (Å²) in [6.45, 7) is 13.2. The second kappa shape index (κ2) is 9.19. The minimum absolute atomic E-state index is 0.0432. The number of carbonyl (C=O) groups excluding carboxylic acids is 1. The van der Waals surface area contributed by atoms with Crippen molar-refractivity contribution in [3.8, 4) is 5.75 Å². The normalized spacial score (nSPS) is 15.3. The molecule has 1 fully saturated rings. The number of aromatic nitrogens is 1. The molecule has 2 heterocycles. The predicted molar refractivity (Wildman–Crippen MR) is 131 cm³/mol. The van der Waals surface area contributed by atoms with Crippen LogP contribution in [0.25, 0.3) is 10.9 Å². The molecule has 1 amide bonds. The van der Waals surface area contributed by atoms with Gasteiger partial charge in [-0.1, -0.05) is 50.2 Å². The molecule has 1 unspecified atom stereocenters. The summed E-state index contributed by atoms with van der Waals surface area (Å²) in [7, 11) is 0. The van der Waals surface area contributed by atoms with E-state index >= 15 is 0 Å². The molecular weight excluding hydrogens is 398 g/mol. The molecule has 0 aliphatic carbocycles. The van der Waals surface area contributed by atoms with Gasteiger partial charge in [-0.25, -0.2) is 4.98 Å². The molecule has 1 aliphatic rings. The SMILES string of the molecule is Cc1cc(N2CCN(C(=O)C(C)Oc3ccccc3C(C)C)CC2)nc2c(C)cccc12. The third-order valence-corrected chi connectivity index (χ3v) is 6.34. The topological polar surface area (TPSA) is 45.7 Å². The Labute approximate surface area is 191 Å². The van der Waals surface area contributed by atoms with Gasteiger partial charge in [-0.2, -0.15) is 0 Å². The van der Waals surface area contributed by atoms with Gasteiger partial charge in [0.1, 0.15) is 11.6 Å². The smallest absolute Gasteiger partial charge is 0.263 e. The maximum absolute atomic E-state index is 13.1. The molecule has 0 bridgehead atoms. The number of rotatable bonds is 5. The standard InChI is InChI=1S/C27H33N3O2/c1-18(2)22-10-6-7-12-24(22)32-21(5)27(31)30-15-13-29(14-16-30)25-17-20(4)23-11-8-9-19(3)26(23)28-25/h6-12,17-18,21H,13-16H2,1-5H3. The minimum atomic E-state index is -0.509. The van der Waals surface area contributed by atoms with Gasteiger partial charge in [-0.3, -0.25) is 4.79 Å². The first-order valence-corrected chi connectivity index (χ1v) is 11.5. The summed E-state index contributed by atoms with van der Waals surface area (Å²) in [5, 5.41) is 1.20. The number of para-hydroxylation sites is 2. The van der Waals surface area contributed by atoms with Crippen molar-refractivity contribution in [3.05, 3.63) is 65.2 Å². The van der Waals surface area contributed by atoms with Gasteiger partial charge >= 0.3 is 0 Å². The van der Waals surface area contributed by atoms with E-state index in [0.717, 1.165) is 35.7 Å². The van der Waals surface area contributed by atoms with Gasteiger partial charge in [0.25, 0.3) is 5.91 Å². The van der Waals surface area contributed by atoms with Crippen molar-refractivity contribution >= 4 is 22.6 Å². The summed E-state index contributed by atoms with van der Waals surface area (Å²) in [6, 6.07) is 16.5. The maximum Gasteiger partial charge on any atom is 0.263 e. The highest BCUT2D eigenvalue weighted by atomic mass is 16.5. The molecular formula is C27H33N3O2. The Morgan fingerprint density at radius 3 is 2.38 bits per heavy atom. The fourth-order valence-electron chi connectivity index (χ4n) is 4.42. The van der Waals surface area contributed by atoms with E-state index in [4.69, 9.17) is 9.72 Å². The Bertz CT molecular complexity index is 1120. The molecule has 32 heavy (non-hydrogen) atoms. The molecule has 0 N–H and O–H groups in total. The highest BCUT2D eigenvalue weighted by Crippen LogP contribution is 2.28. The number of ether oxygens (including phenoxy) is 1. The number of amides is 1. The van der Waals surface area contributed by atoms with E-state index in [1.54, 1.807) is 0 Å². The molecule has 4 rings (SSSR count). The molecule has 168 valence electrons. The summed E-state index contributed by atoms with van der Waals surface area (Å²) in [6.07, 6.45) is -0.509. The predicted octanol–water partition coefficient (Wildman–Crippen LogP) is 5.09. The van der Waals surface area contributed by atoms with Crippen molar-refractivity contribution in [1.29, 1.82) is 0 Å². The molecule has 0 saturated carbocycles. The first kappa shape index (κ1) is 22.1. The average Bonchev–Trinajstić information content (AvgIpc) is 2.79. The van der Waals surface area contributed by atoms with Gasteiger partial charge in [-0.05, 0) is 55.5 Å². The lowest BCUT2D eigenvalue weighted by Crippen LogP contribution is -2.52. The lowest BCUT2D eigenvalue weighted by molar-refractivity contribution is -0.138. The number of anilines is 1. The Morgan fingerprint density at radius 2 is 1.66 bits per heavy atom. The zero-order valence-corrected chi connectivity index (χ0v) is 19.8. The van der Waals surface area contributed by atoms with Crippen molar-refractivity contribution in [2.24, 2.45) is 0 Å². The molecule has 3 aromatic rings. The van der Waals surface area contributed by atoms with Crippen LogP contribution in [0, 0.1) is 13.8 Å². The summed E-state index contributed by atoms with van der Waals surface area (Å²) in [5.41, 5.74) is 4.61. The van der Waals surface area contributed by atoms with Crippen molar-refractivity contribution < 1.29 is 9.53 Å². The van der Waals surface area contributed by atoms with Crippen LogP contribution in [0.15, 0.2) is 48.5 Å². The maximum atomic E-state index is 13.1. The van der Waals surface area contributed by atoms with Gasteiger partial charge in [0.2, 0.25) is 0 Å². The number of nitrogens with zero attached hydrogens (tertiary/aromatic N) is 3. The Hall–Kier alpha value is -3.08. The van der Waals surface area contributed by atoms with Crippen LogP contribution in [0.4, 0.5) is 5.82 Å². The number of aryl methyl sites for hydroxylation is 2. The number of carbonyl (C=O) groups is 1. The van der Waals surface area contributed by atoms with Gasteiger partial charge in [0, 0.05) is 31.6 Å². The van der Waals surface area contributed by atoms with E-state index in [1.807, 2.05) is 30.0 Å². The monoisotopic (exact) mass is 431 g/mol. The highest BCUT2D eigenvalue weighted by molar-refractivity contribution is 5.86. The summed E-state index contributed by atoms with van der Waals surface area (Å²) >= 11 is 0. The fraction of sp³-hybridized carbons (Fsp3) is 0.407. The summed E-state index contributed by atoms with van der Waals surface area (Å²) in [4.78, 5) is 22.2. The second-order valence-corrected chi connectivity index (χ2v) is 9.03. The largest absolute Gasteiger partial charge is 0.481 e. The van der Waals surface area contributed by atoms with Crippen LogP contribution >= 0.6 is 0 Å². The van der Waals surface area contributed by atoms with E-state index in [2.05, 4.69) is 62.9 Å².